The summed E-state index contributed by atoms with van der Waals surface area (Å²) in [5, 5.41) is 0. The van der Waals surface area contributed by atoms with Gasteiger partial charge in [-0.1, -0.05) is 49.0 Å². The fourth-order valence-corrected chi connectivity index (χ4v) is 6.08. The van der Waals surface area contributed by atoms with Gasteiger partial charge in [0.25, 0.3) is 0 Å². The molecule has 2 aromatic rings. The number of thiol groups is 1. The number of hydrogen-bond acceptors (Lipinski definition) is 7. The van der Waals surface area contributed by atoms with Crippen LogP contribution in [0.3, 0.4) is 0 Å². The molecular formula is C31H41N2O5PS3. The van der Waals surface area contributed by atoms with Gasteiger partial charge in [0.05, 0.1) is 31.9 Å². The largest absolute Gasteiger partial charge is 0.465 e. The Morgan fingerprint density at radius 3 is 1.74 bits per heavy atom. The van der Waals surface area contributed by atoms with Crippen LogP contribution in [0.15, 0.2) is 24.3 Å². The van der Waals surface area contributed by atoms with Crippen LogP contribution in [0.4, 0.5) is 5.69 Å². The van der Waals surface area contributed by atoms with Crippen molar-refractivity contribution in [1.82, 2.24) is 0 Å². The summed E-state index contributed by atoms with van der Waals surface area (Å²) in [5.41, 5.74) is 10.7. The maximum Gasteiger partial charge on any atom is 0.338 e. The number of aryl methyl sites for hydroxylation is 2. The van der Waals surface area contributed by atoms with E-state index in [-0.39, 0.29) is 11.9 Å². The molecule has 0 aliphatic heterocycles. The summed E-state index contributed by atoms with van der Waals surface area (Å²) in [6, 6.07) is 7.45. The Balaban J connectivity index is 0.000000241. The third-order valence-corrected chi connectivity index (χ3v) is 9.05. The minimum atomic E-state index is -1.64. The van der Waals surface area contributed by atoms with Crippen LogP contribution < -0.4 is 5.73 Å². The Bertz CT molecular complexity index is 1390. The first-order valence-corrected chi connectivity index (χ1v) is 18.6. The van der Waals surface area contributed by atoms with E-state index in [2.05, 4.69) is 17.1 Å². The van der Waals surface area contributed by atoms with Crippen LogP contribution in [0.1, 0.15) is 106 Å². The van der Waals surface area contributed by atoms with Gasteiger partial charge in [0.2, 0.25) is 0 Å². The summed E-state index contributed by atoms with van der Waals surface area (Å²) in [5.74, 6) is 0.328. The van der Waals surface area contributed by atoms with E-state index in [0.717, 1.165) is 35.1 Å². The molecule has 2 N–H and O–H groups in total. The van der Waals surface area contributed by atoms with Gasteiger partial charge in [-0.15, -0.1) is 12.2 Å². The highest BCUT2D eigenvalue weighted by Crippen LogP contribution is 2.47. The zero-order chi connectivity index (χ0) is 31.6. The lowest BCUT2D eigenvalue weighted by atomic mass is 9.77. The third kappa shape index (κ3) is 9.89. The van der Waals surface area contributed by atoms with Crippen molar-refractivity contribution in [2.45, 2.75) is 71.1 Å². The monoisotopic (exact) mass is 648 g/mol. The minimum Gasteiger partial charge on any atom is -0.465 e. The van der Waals surface area contributed by atoms with Gasteiger partial charge in [0, 0.05) is 12.2 Å². The summed E-state index contributed by atoms with van der Waals surface area (Å²) in [4.78, 5) is 27.1. The maximum atomic E-state index is 11.7. The molecule has 1 unspecified atom stereocenters. The van der Waals surface area contributed by atoms with Crippen molar-refractivity contribution in [3.63, 3.8) is 0 Å². The van der Waals surface area contributed by atoms with Crippen LogP contribution in [-0.4, -0.2) is 44.4 Å². The van der Waals surface area contributed by atoms with Crippen molar-refractivity contribution in [2.75, 3.05) is 27.5 Å². The van der Waals surface area contributed by atoms with Crippen LogP contribution in [0.2, 0.25) is 0 Å². The average molecular weight is 649 g/mol. The van der Waals surface area contributed by atoms with Gasteiger partial charge < -0.3 is 19.7 Å². The van der Waals surface area contributed by atoms with Crippen LogP contribution in [0, 0.1) is 20.4 Å². The van der Waals surface area contributed by atoms with Gasteiger partial charge in [-0.05, 0) is 99.3 Å². The number of esters is 2. The molecule has 2 aliphatic rings. The zero-order valence-electron chi connectivity index (χ0n) is 25.2. The van der Waals surface area contributed by atoms with E-state index in [1.165, 1.54) is 45.5 Å². The fourth-order valence-electron chi connectivity index (χ4n) is 4.76. The topological polar surface area (TPSA) is 92.2 Å². The molecule has 1 atom stereocenters. The molecule has 0 amide bonds. The lowest BCUT2D eigenvalue weighted by Gasteiger charge is -2.28. The molecule has 0 radical (unpaired) electrons. The molecule has 7 nitrogen and oxygen atoms in total. The second-order valence-corrected chi connectivity index (χ2v) is 17.9. The number of ether oxygens (including phenoxy) is 2. The molecular weight excluding hydrogens is 608 g/mol. The molecule has 2 aliphatic carbocycles. The van der Waals surface area contributed by atoms with Crippen molar-refractivity contribution in [2.24, 2.45) is 5.73 Å². The van der Waals surface area contributed by atoms with E-state index >= 15 is 0 Å². The number of methoxy groups -OCH3 is 2. The van der Waals surface area contributed by atoms with Crippen molar-refractivity contribution < 1.29 is 23.6 Å². The zero-order valence-corrected chi connectivity index (χ0v) is 28.6. The van der Waals surface area contributed by atoms with Gasteiger partial charge in [-0.3, -0.25) is 0 Å². The predicted octanol–water partition coefficient (Wildman–Crippen LogP) is 8.18. The van der Waals surface area contributed by atoms with Crippen molar-refractivity contribution in [3.8, 4) is 0 Å². The molecule has 42 heavy (non-hydrogen) atoms. The van der Waals surface area contributed by atoms with Gasteiger partial charge >= 0.3 is 11.9 Å². The Hall–Kier alpha value is -2.28. The Morgan fingerprint density at radius 1 is 0.952 bits per heavy atom. The molecule has 0 heterocycles. The second-order valence-electron chi connectivity index (χ2n) is 10.4. The predicted molar refractivity (Wildman–Crippen MR) is 181 cm³/mol. The Morgan fingerprint density at radius 2 is 1.40 bits per heavy atom. The summed E-state index contributed by atoms with van der Waals surface area (Å²) < 4.78 is 14.5. The van der Waals surface area contributed by atoms with Crippen LogP contribution >= 0.6 is 29.9 Å². The number of thiocarbonyl (C=S) groups is 1. The standard InChI is InChI=1S/C14H17NO2S.C14H15NO2.C3H9OPS2/c1-8-6-11(9-4-3-5-9)12(13(15)18)7-10(8)14(16)17-2;1-9-7-12(10-5-4-6-10)13(15-2)8-11(9)14(16)17-3;1-3-4-5(2,6)7/h6-7,9H,3-5H2,1-2H3,(H2,15,18);7-8,10H,4-6H2,1,3H3;3H2,1-2H3,(H,6,7). The van der Waals surface area contributed by atoms with Crippen molar-refractivity contribution >= 4 is 64.4 Å². The quantitative estimate of drug-likeness (QED) is 0.102. The third-order valence-electron chi connectivity index (χ3n) is 7.43. The number of hydrogen-bond donors (Lipinski definition) is 2. The highest BCUT2D eigenvalue weighted by atomic mass is 32.9. The van der Waals surface area contributed by atoms with Gasteiger partial charge in [0.15, 0.2) is 5.69 Å². The van der Waals surface area contributed by atoms with E-state index in [9.17, 15) is 9.59 Å². The normalized spacial score (nSPS) is 15.6. The Labute approximate surface area is 265 Å². The first-order chi connectivity index (χ1) is 19.8. The molecule has 2 fully saturated rings. The molecule has 4 rings (SSSR count). The van der Waals surface area contributed by atoms with E-state index in [4.69, 9.17) is 50.3 Å². The van der Waals surface area contributed by atoms with Crippen molar-refractivity contribution in [1.29, 1.82) is 0 Å². The minimum absolute atomic E-state index is 0.342. The molecule has 0 bridgehead atoms. The highest BCUT2D eigenvalue weighted by Gasteiger charge is 2.26. The lowest BCUT2D eigenvalue weighted by molar-refractivity contribution is 0.0591. The average Bonchev–Trinajstić information content (AvgIpc) is 2.86. The van der Waals surface area contributed by atoms with Gasteiger partial charge in [-0.25, -0.2) is 14.4 Å². The van der Waals surface area contributed by atoms with Gasteiger partial charge in [-0.2, -0.15) is 0 Å². The van der Waals surface area contributed by atoms with Crippen LogP contribution in [0.5, 0.6) is 0 Å². The molecule has 2 aromatic carbocycles. The first-order valence-electron chi connectivity index (χ1n) is 13.9. The summed E-state index contributed by atoms with van der Waals surface area (Å²) in [6.07, 6.45) is 7.14. The number of carbonyl (C=O) groups is 2. The molecule has 2 saturated carbocycles. The molecule has 0 saturated heterocycles. The number of carbonyl (C=O) groups excluding carboxylic acids is 2. The summed E-state index contributed by atoms with van der Waals surface area (Å²) >= 11 is 14.0. The van der Waals surface area contributed by atoms with E-state index in [1.807, 2.05) is 39.6 Å². The number of nitrogens with two attached hydrogens (primary N) is 1. The molecule has 0 spiro atoms. The molecule has 0 aromatic heterocycles. The smallest absolute Gasteiger partial charge is 0.338 e. The number of nitrogens with zero attached hydrogens (tertiary/aromatic N) is 1. The number of rotatable bonds is 7. The second kappa shape index (κ2) is 16.5. The summed E-state index contributed by atoms with van der Waals surface area (Å²) in [7, 11) is 2.74. The maximum absolute atomic E-state index is 11.7. The van der Waals surface area contributed by atoms with Gasteiger partial charge in [0.1, 0.15) is 10.5 Å². The highest BCUT2D eigenvalue weighted by molar-refractivity contribution is 8.61. The number of benzene rings is 2. The van der Waals surface area contributed by atoms with E-state index < -0.39 is 5.47 Å². The van der Waals surface area contributed by atoms with E-state index in [0.29, 0.717) is 40.2 Å². The summed E-state index contributed by atoms with van der Waals surface area (Å²) in [6.45, 7) is 15.5. The van der Waals surface area contributed by atoms with Crippen molar-refractivity contribution in [3.05, 3.63) is 74.6 Å². The molecule has 228 valence electrons. The molecule has 11 heteroatoms. The Kier molecular flexibility index (Phi) is 14.1. The van der Waals surface area contributed by atoms with E-state index in [1.54, 1.807) is 12.1 Å². The first kappa shape index (κ1) is 35.9. The SMILES string of the molecule is CCOP(C)(=S)S.COC(=O)c1cc(C(N)=S)c(C2CCC2)cc1C.[C-]#[N+]c1cc(C(=O)OC)c(C)cc1C1CCC1. The fraction of sp³-hybridized carbons (Fsp3) is 0.484. The van der Waals surface area contributed by atoms with Crippen LogP contribution in [-0.2, 0) is 25.8 Å². The lowest BCUT2D eigenvalue weighted by Crippen LogP contribution is -2.19. The van der Waals surface area contributed by atoms with Crippen LogP contribution in [0.25, 0.3) is 4.85 Å².